The van der Waals surface area contributed by atoms with Gasteiger partial charge in [0, 0.05) is 11.5 Å². The molecule has 0 aliphatic heterocycles. The van der Waals surface area contributed by atoms with Crippen LogP contribution in [0.25, 0.3) is 11.0 Å². The zero-order valence-corrected chi connectivity index (χ0v) is 5.78. The van der Waals surface area contributed by atoms with Crippen molar-refractivity contribution in [3.8, 4) is 0 Å². The monoisotopic (exact) mass is 146 g/mol. The average molecular weight is 146 g/mol. The highest BCUT2D eigenvalue weighted by molar-refractivity contribution is 5.75. The fourth-order valence-corrected chi connectivity index (χ4v) is 1.01. The van der Waals surface area contributed by atoms with Gasteiger partial charge < -0.3 is 4.42 Å². The fraction of sp³-hybridized carbons (Fsp3) is 0. The third kappa shape index (κ3) is 1.03. The average Bonchev–Trinajstić information content (AvgIpc) is 2.31. The summed E-state index contributed by atoms with van der Waals surface area (Å²) in [5.41, 5.74) is 0.606. The van der Waals surface area contributed by atoms with E-state index in [4.69, 9.17) is 4.42 Å². The molecule has 0 N–H and O–H groups in total. The molecule has 0 radical (unpaired) electrons. The van der Waals surface area contributed by atoms with Crippen LogP contribution >= 0.6 is 0 Å². The molecule has 0 fully saturated rings. The summed E-state index contributed by atoms with van der Waals surface area (Å²) in [7, 11) is 0. The van der Waals surface area contributed by atoms with Crippen LogP contribution in [0.2, 0.25) is 0 Å². The Morgan fingerprint density at radius 2 is 2.09 bits per heavy atom. The lowest BCUT2D eigenvalue weighted by Gasteiger charge is -1.72. The molecule has 2 nitrogen and oxygen atoms in total. The van der Waals surface area contributed by atoms with Crippen molar-refractivity contribution in [1.29, 1.82) is 0 Å². The van der Waals surface area contributed by atoms with Gasteiger partial charge in [0.2, 0.25) is 0 Å². The molecule has 0 saturated carbocycles. The van der Waals surface area contributed by atoms with E-state index in [1.807, 2.05) is 12.1 Å². The summed E-state index contributed by atoms with van der Waals surface area (Å²) < 4.78 is 5.06. The van der Waals surface area contributed by atoms with E-state index in [1.165, 1.54) is 12.1 Å². The smallest absolute Gasteiger partial charge is 0.182 e. The standard InChI is InChI=1S/C9H6O2/c10-8-3-1-2-7-4-5-11-9(7)6-8/h1-6H. The minimum atomic E-state index is -0.0325. The molecule has 1 aromatic heterocycles. The van der Waals surface area contributed by atoms with Crippen LogP contribution in [0.15, 0.2) is 45.8 Å². The molecule has 54 valence electrons. The predicted molar refractivity (Wildman–Crippen MR) is 42.5 cm³/mol. The van der Waals surface area contributed by atoms with Crippen LogP contribution in [0.1, 0.15) is 0 Å². The first-order chi connectivity index (χ1) is 5.36. The summed E-state index contributed by atoms with van der Waals surface area (Å²) in [5, 5.41) is 0.951. The maximum Gasteiger partial charge on any atom is 0.182 e. The number of rotatable bonds is 0. The minimum absolute atomic E-state index is 0.0325. The van der Waals surface area contributed by atoms with Gasteiger partial charge in [-0.2, -0.15) is 0 Å². The number of hydrogen-bond acceptors (Lipinski definition) is 2. The normalized spacial score (nSPS) is 10.2. The van der Waals surface area contributed by atoms with Gasteiger partial charge in [0.15, 0.2) is 5.43 Å². The molecule has 0 amide bonds. The lowest BCUT2D eigenvalue weighted by atomic mass is 10.3. The van der Waals surface area contributed by atoms with Gasteiger partial charge in [-0.15, -0.1) is 0 Å². The van der Waals surface area contributed by atoms with Crippen molar-refractivity contribution >= 4 is 11.0 Å². The summed E-state index contributed by atoms with van der Waals surface area (Å²) in [6.45, 7) is 0. The van der Waals surface area contributed by atoms with E-state index >= 15 is 0 Å². The topological polar surface area (TPSA) is 30.2 Å². The van der Waals surface area contributed by atoms with Crippen LogP contribution in [0.4, 0.5) is 0 Å². The largest absolute Gasteiger partial charge is 0.464 e. The number of hydrogen-bond donors (Lipinski definition) is 0. The molecule has 0 aliphatic rings. The van der Waals surface area contributed by atoms with Crippen molar-refractivity contribution in [3.63, 3.8) is 0 Å². The number of fused-ring (bicyclic) bond motifs is 1. The SMILES string of the molecule is O=c1cccc2ccoc2c1. The van der Waals surface area contributed by atoms with Crippen molar-refractivity contribution in [2.45, 2.75) is 0 Å². The molecule has 11 heavy (non-hydrogen) atoms. The third-order valence-corrected chi connectivity index (χ3v) is 1.54. The molecule has 0 bridgehead atoms. The molecule has 0 atom stereocenters. The summed E-state index contributed by atoms with van der Waals surface area (Å²) >= 11 is 0. The Morgan fingerprint density at radius 1 is 1.18 bits per heavy atom. The maximum absolute atomic E-state index is 10.9. The van der Waals surface area contributed by atoms with E-state index in [-0.39, 0.29) is 5.43 Å². The molecule has 1 heterocycles. The van der Waals surface area contributed by atoms with E-state index in [0.717, 1.165) is 5.39 Å². The zero-order valence-electron chi connectivity index (χ0n) is 5.78. The van der Waals surface area contributed by atoms with Crippen LogP contribution < -0.4 is 5.43 Å². The second-order valence-electron chi connectivity index (χ2n) is 2.31. The first-order valence-electron chi connectivity index (χ1n) is 3.34. The summed E-state index contributed by atoms with van der Waals surface area (Å²) in [4.78, 5) is 10.9. The Labute approximate surface area is 63.1 Å². The van der Waals surface area contributed by atoms with Gasteiger partial charge in [0.05, 0.1) is 6.26 Å². The third-order valence-electron chi connectivity index (χ3n) is 1.54. The van der Waals surface area contributed by atoms with Gasteiger partial charge in [-0.05, 0) is 12.1 Å². The van der Waals surface area contributed by atoms with E-state index in [0.29, 0.717) is 5.58 Å². The molecule has 0 spiro atoms. The molecule has 1 aromatic carbocycles. The Hall–Kier alpha value is -1.57. The van der Waals surface area contributed by atoms with E-state index in [1.54, 1.807) is 12.3 Å². The van der Waals surface area contributed by atoms with Crippen LogP contribution in [-0.2, 0) is 0 Å². The molecule has 0 aliphatic carbocycles. The Bertz CT molecular complexity index is 429. The van der Waals surface area contributed by atoms with E-state index < -0.39 is 0 Å². The highest BCUT2D eigenvalue weighted by Crippen LogP contribution is 2.10. The first-order valence-corrected chi connectivity index (χ1v) is 3.34. The summed E-state index contributed by atoms with van der Waals surface area (Å²) in [5.74, 6) is 0. The highest BCUT2D eigenvalue weighted by atomic mass is 16.3. The van der Waals surface area contributed by atoms with Gasteiger partial charge in [-0.1, -0.05) is 12.1 Å². The van der Waals surface area contributed by atoms with E-state index in [2.05, 4.69) is 0 Å². The van der Waals surface area contributed by atoms with Crippen LogP contribution in [0.3, 0.4) is 0 Å². The number of furan rings is 1. The Morgan fingerprint density at radius 3 is 3.00 bits per heavy atom. The molecule has 2 aromatic rings. The molecule has 2 rings (SSSR count). The lowest BCUT2D eigenvalue weighted by molar-refractivity contribution is 0.616. The second-order valence-corrected chi connectivity index (χ2v) is 2.31. The van der Waals surface area contributed by atoms with Gasteiger partial charge in [-0.3, -0.25) is 4.79 Å². The van der Waals surface area contributed by atoms with Crippen molar-refractivity contribution in [1.82, 2.24) is 0 Å². The quantitative estimate of drug-likeness (QED) is 0.567. The predicted octanol–water partition coefficient (Wildman–Crippen LogP) is 1.79. The second kappa shape index (κ2) is 2.23. The summed E-state index contributed by atoms with van der Waals surface area (Å²) in [6, 6.07) is 8.39. The first kappa shape index (κ1) is 6.16. The maximum atomic E-state index is 10.9. The van der Waals surface area contributed by atoms with Crippen LogP contribution in [-0.4, -0.2) is 0 Å². The van der Waals surface area contributed by atoms with Crippen molar-refractivity contribution in [2.24, 2.45) is 0 Å². The Balaban J connectivity index is 3.00. The molecular formula is C9H6O2. The van der Waals surface area contributed by atoms with Crippen molar-refractivity contribution < 1.29 is 4.42 Å². The minimum Gasteiger partial charge on any atom is -0.464 e. The zero-order chi connectivity index (χ0) is 7.68. The fourth-order valence-electron chi connectivity index (χ4n) is 1.01. The van der Waals surface area contributed by atoms with Crippen molar-refractivity contribution in [2.75, 3.05) is 0 Å². The van der Waals surface area contributed by atoms with E-state index in [9.17, 15) is 4.79 Å². The van der Waals surface area contributed by atoms with Gasteiger partial charge in [0.25, 0.3) is 0 Å². The highest BCUT2D eigenvalue weighted by Gasteiger charge is 1.92. The lowest BCUT2D eigenvalue weighted by Crippen LogP contribution is -1.88. The summed E-state index contributed by atoms with van der Waals surface area (Å²) in [6.07, 6.45) is 1.57. The van der Waals surface area contributed by atoms with Crippen LogP contribution in [0, 0.1) is 0 Å². The molecule has 0 saturated heterocycles. The Kier molecular flexibility index (Phi) is 1.25. The molecule has 0 unspecified atom stereocenters. The molecular weight excluding hydrogens is 140 g/mol. The van der Waals surface area contributed by atoms with Crippen LogP contribution in [0.5, 0.6) is 0 Å². The van der Waals surface area contributed by atoms with Gasteiger partial charge in [0.1, 0.15) is 5.58 Å². The van der Waals surface area contributed by atoms with Gasteiger partial charge in [-0.25, -0.2) is 0 Å². The van der Waals surface area contributed by atoms with Gasteiger partial charge >= 0.3 is 0 Å². The molecule has 2 heteroatoms. The van der Waals surface area contributed by atoms with Crippen molar-refractivity contribution in [3.05, 3.63) is 46.8 Å².